The molecule has 0 saturated carbocycles. The monoisotopic (exact) mass is 271 g/mol. The standard InChI is InChI=1S/C11H17N3O3S/c1-7(2)13-9(15)3-4-12-11-14-8(6-18-11)5-10(16)17/h6-7H,3-5H2,1-2H3,(H,12,14)(H,13,15)(H,16,17). The minimum Gasteiger partial charge on any atom is -0.481 e. The molecule has 0 radical (unpaired) electrons. The van der Waals surface area contributed by atoms with Crippen LogP contribution in [-0.2, 0) is 16.0 Å². The van der Waals surface area contributed by atoms with Crippen LogP contribution in [-0.4, -0.2) is 34.6 Å². The molecule has 7 heteroatoms. The molecule has 1 aromatic rings. The van der Waals surface area contributed by atoms with Crippen molar-refractivity contribution < 1.29 is 14.7 Å². The highest BCUT2D eigenvalue weighted by Crippen LogP contribution is 2.15. The summed E-state index contributed by atoms with van der Waals surface area (Å²) in [6.07, 6.45) is 0.290. The molecule has 0 bridgehead atoms. The first-order valence-electron chi connectivity index (χ1n) is 5.67. The van der Waals surface area contributed by atoms with Gasteiger partial charge in [0.05, 0.1) is 12.1 Å². The van der Waals surface area contributed by atoms with Gasteiger partial charge in [0.1, 0.15) is 0 Å². The molecule has 0 fully saturated rings. The summed E-state index contributed by atoms with van der Waals surface area (Å²) < 4.78 is 0. The van der Waals surface area contributed by atoms with Gasteiger partial charge in [-0.25, -0.2) is 4.98 Å². The van der Waals surface area contributed by atoms with E-state index in [1.54, 1.807) is 5.38 Å². The molecule has 0 aliphatic heterocycles. The summed E-state index contributed by atoms with van der Waals surface area (Å²) in [6.45, 7) is 4.30. The number of nitrogens with zero attached hydrogens (tertiary/aromatic N) is 1. The van der Waals surface area contributed by atoms with Gasteiger partial charge in [0.2, 0.25) is 5.91 Å². The fourth-order valence-electron chi connectivity index (χ4n) is 1.30. The lowest BCUT2D eigenvalue weighted by molar-refractivity contribution is -0.136. The number of nitrogens with one attached hydrogen (secondary N) is 2. The highest BCUT2D eigenvalue weighted by Gasteiger charge is 2.07. The molecule has 0 saturated heterocycles. The number of anilines is 1. The van der Waals surface area contributed by atoms with Crippen molar-refractivity contribution in [3.63, 3.8) is 0 Å². The van der Waals surface area contributed by atoms with Gasteiger partial charge in [0.25, 0.3) is 0 Å². The van der Waals surface area contributed by atoms with E-state index in [9.17, 15) is 9.59 Å². The molecule has 1 heterocycles. The lowest BCUT2D eigenvalue weighted by Crippen LogP contribution is -2.31. The van der Waals surface area contributed by atoms with Gasteiger partial charge in [0.15, 0.2) is 5.13 Å². The van der Waals surface area contributed by atoms with Crippen molar-refractivity contribution in [3.8, 4) is 0 Å². The van der Waals surface area contributed by atoms with Crippen LogP contribution in [0.4, 0.5) is 5.13 Å². The Bertz CT molecular complexity index is 417. The summed E-state index contributed by atoms with van der Waals surface area (Å²) in [5.74, 6) is -0.914. The molecule has 0 aromatic carbocycles. The summed E-state index contributed by atoms with van der Waals surface area (Å²) in [7, 11) is 0. The van der Waals surface area contributed by atoms with Crippen LogP contribution in [0.5, 0.6) is 0 Å². The van der Waals surface area contributed by atoms with Crippen LogP contribution < -0.4 is 10.6 Å². The zero-order chi connectivity index (χ0) is 13.5. The maximum absolute atomic E-state index is 11.3. The molecule has 0 unspecified atom stereocenters. The zero-order valence-electron chi connectivity index (χ0n) is 10.4. The summed E-state index contributed by atoms with van der Waals surface area (Å²) in [4.78, 5) is 25.9. The van der Waals surface area contributed by atoms with E-state index in [-0.39, 0.29) is 18.4 Å². The predicted molar refractivity (Wildman–Crippen MR) is 69.8 cm³/mol. The number of thiazole rings is 1. The number of hydrogen-bond acceptors (Lipinski definition) is 5. The molecule has 0 aliphatic carbocycles. The first-order valence-corrected chi connectivity index (χ1v) is 6.54. The minimum absolute atomic E-state index is 0.0141. The largest absolute Gasteiger partial charge is 0.481 e. The van der Waals surface area contributed by atoms with Crippen molar-refractivity contribution >= 4 is 28.3 Å². The quantitative estimate of drug-likeness (QED) is 0.690. The first kappa shape index (κ1) is 14.4. The topological polar surface area (TPSA) is 91.3 Å². The second-order valence-electron chi connectivity index (χ2n) is 4.11. The number of carboxylic acids is 1. The second-order valence-corrected chi connectivity index (χ2v) is 4.97. The Labute approximate surface area is 109 Å². The van der Waals surface area contributed by atoms with E-state index in [0.29, 0.717) is 23.8 Å². The van der Waals surface area contributed by atoms with Crippen LogP contribution in [0, 0.1) is 0 Å². The SMILES string of the molecule is CC(C)NC(=O)CCNc1nc(CC(=O)O)cs1. The number of hydrogen-bond donors (Lipinski definition) is 3. The average molecular weight is 271 g/mol. The van der Waals surface area contributed by atoms with E-state index in [0.717, 1.165) is 0 Å². The Hall–Kier alpha value is -1.63. The third-order valence-electron chi connectivity index (χ3n) is 1.96. The van der Waals surface area contributed by atoms with Crippen molar-refractivity contribution in [2.24, 2.45) is 0 Å². The molecular weight excluding hydrogens is 254 g/mol. The smallest absolute Gasteiger partial charge is 0.309 e. The van der Waals surface area contributed by atoms with Crippen LogP contribution in [0.15, 0.2) is 5.38 Å². The van der Waals surface area contributed by atoms with Gasteiger partial charge in [-0.3, -0.25) is 9.59 Å². The lowest BCUT2D eigenvalue weighted by atomic mass is 10.3. The molecule has 0 aliphatic rings. The van der Waals surface area contributed by atoms with E-state index in [1.165, 1.54) is 11.3 Å². The highest BCUT2D eigenvalue weighted by molar-refractivity contribution is 7.13. The van der Waals surface area contributed by atoms with Gasteiger partial charge in [-0.05, 0) is 13.8 Å². The molecule has 0 spiro atoms. The molecular formula is C11H17N3O3S. The molecule has 18 heavy (non-hydrogen) atoms. The lowest BCUT2D eigenvalue weighted by Gasteiger charge is -2.08. The minimum atomic E-state index is -0.900. The Kier molecular flexibility index (Phi) is 5.57. The third-order valence-corrected chi connectivity index (χ3v) is 2.81. The van der Waals surface area contributed by atoms with Gasteiger partial charge in [-0.1, -0.05) is 0 Å². The van der Waals surface area contributed by atoms with Crippen molar-refractivity contribution in [2.75, 3.05) is 11.9 Å². The van der Waals surface area contributed by atoms with E-state index in [2.05, 4.69) is 15.6 Å². The fraction of sp³-hybridized carbons (Fsp3) is 0.545. The Balaban J connectivity index is 2.29. The number of rotatable bonds is 7. The number of aromatic nitrogens is 1. The van der Waals surface area contributed by atoms with Crippen LogP contribution in [0.3, 0.4) is 0 Å². The van der Waals surface area contributed by atoms with Crippen molar-refractivity contribution in [1.82, 2.24) is 10.3 Å². The van der Waals surface area contributed by atoms with Gasteiger partial charge >= 0.3 is 5.97 Å². The van der Waals surface area contributed by atoms with Crippen LogP contribution >= 0.6 is 11.3 Å². The predicted octanol–water partition coefficient (Wildman–Crippen LogP) is 1.10. The van der Waals surface area contributed by atoms with Gasteiger partial charge in [0, 0.05) is 24.4 Å². The van der Waals surface area contributed by atoms with Crippen LogP contribution in [0.25, 0.3) is 0 Å². The number of carbonyl (C=O) groups excluding carboxylic acids is 1. The zero-order valence-corrected chi connectivity index (χ0v) is 11.2. The number of amides is 1. The van der Waals surface area contributed by atoms with Crippen molar-refractivity contribution in [2.45, 2.75) is 32.7 Å². The average Bonchev–Trinajstić information content (AvgIpc) is 2.63. The highest BCUT2D eigenvalue weighted by atomic mass is 32.1. The van der Waals surface area contributed by atoms with Crippen LogP contribution in [0.1, 0.15) is 26.0 Å². The van der Waals surface area contributed by atoms with E-state index in [4.69, 9.17) is 5.11 Å². The Morgan fingerprint density at radius 1 is 1.50 bits per heavy atom. The van der Waals surface area contributed by atoms with Gasteiger partial charge in [-0.2, -0.15) is 0 Å². The summed E-state index contributed by atoms with van der Waals surface area (Å²) in [5.41, 5.74) is 0.529. The molecule has 0 atom stereocenters. The van der Waals surface area contributed by atoms with Crippen molar-refractivity contribution in [1.29, 1.82) is 0 Å². The molecule has 3 N–H and O–H groups in total. The van der Waals surface area contributed by atoms with E-state index < -0.39 is 5.97 Å². The number of aliphatic carboxylic acids is 1. The maximum atomic E-state index is 11.3. The third kappa shape index (κ3) is 5.62. The first-order chi connectivity index (χ1) is 8.47. The van der Waals surface area contributed by atoms with Crippen molar-refractivity contribution in [3.05, 3.63) is 11.1 Å². The molecule has 6 nitrogen and oxygen atoms in total. The fourth-order valence-corrected chi connectivity index (χ4v) is 2.04. The van der Waals surface area contributed by atoms with E-state index in [1.807, 2.05) is 13.8 Å². The maximum Gasteiger partial charge on any atom is 0.309 e. The normalized spacial score (nSPS) is 10.4. The summed E-state index contributed by atoms with van der Waals surface area (Å²) in [6, 6.07) is 0.138. The van der Waals surface area contributed by atoms with Gasteiger partial charge in [-0.15, -0.1) is 11.3 Å². The van der Waals surface area contributed by atoms with Crippen LogP contribution in [0.2, 0.25) is 0 Å². The molecule has 100 valence electrons. The summed E-state index contributed by atoms with van der Waals surface area (Å²) >= 11 is 1.34. The molecule has 1 amide bonds. The Morgan fingerprint density at radius 3 is 2.83 bits per heavy atom. The van der Waals surface area contributed by atoms with E-state index >= 15 is 0 Å². The number of carbonyl (C=O) groups is 2. The molecule has 1 rings (SSSR count). The van der Waals surface area contributed by atoms with Gasteiger partial charge < -0.3 is 15.7 Å². The second kappa shape index (κ2) is 6.95. The number of carboxylic acid groups (broad SMARTS) is 1. The molecule has 1 aromatic heterocycles. The summed E-state index contributed by atoms with van der Waals surface area (Å²) in [5, 5.41) is 16.7. The Morgan fingerprint density at radius 2 is 2.22 bits per heavy atom.